The molecule has 0 spiro atoms. The summed E-state index contributed by atoms with van der Waals surface area (Å²) in [4.78, 5) is 36.8. The molecule has 0 aliphatic heterocycles. The van der Waals surface area contributed by atoms with Crippen LogP contribution in [0.4, 0.5) is 0 Å². The van der Waals surface area contributed by atoms with Crippen LogP contribution in [0.1, 0.15) is 70.1 Å². The van der Waals surface area contributed by atoms with Gasteiger partial charge >= 0.3 is 5.97 Å². The molecule has 1 aliphatic carbocycles. The molecule has 6 heteroatoms. The Morgan fingerprint density at radius 3 is 2.53 bits per heavy atom. The van der Waals surface area contributed by atoms with Gasteiger partial charge in [0.05, 0.1) is 12.1 Å². The van der Waals surface area contributed by atoms with Crippen LogP contribution in [0.5, 0.6) is 0 Å². The Morgan fingerprint density at radius 2 is 1.83 bits per heavy atom. The number of rotatable bonds is 7. The summed E-state index contributed by atoms with van der Waals surface area (Å²) in [5.74, 6) is -0.0604. The number of furan rings is 1. The molecule has 2 aromatic rings. The first-order chi connectivity index (χ1) is 14.2. The molecule has 0 saturated carbocycles. The first-order valence-electron chi connectivity index (χ1n) is 10.3. The fourth-order valence-corrected chi connectivity index (χ4v) is 3.78. The van der Waals surface area contributed by atoms with Crippen LogP contribution in [0.15, 0.2) is 28.7 Å². The predicted molar refractivity (Wildman–Crippen MR) is 113 cm³/mol. The first-order valence-corrected chi connectivity index (χ1v) is 10.3. The highest BCUT2D eigenvalue weighted by Gasteiger charge is 2.37. The van der Waals surface area contributed by atoms with E-state index in [0.717, 1.165) is 5.56 Å². The molecule has 1 aromatic carbocycles. The van der Waals surface area contributed by atoms with E-state index < -0.39 is 5.97 Å². The van der Waals surface area contributed by atoms with Gasteiger partial charge in [0.15, 0.2) is 5.78 Å². The molecule has 3 rings (SSSR count). The van der Waals surface area contributed by atoms with Crippen molar-refractivity contribution in [3.8, 4) is 0 Å². The minimum atomic E-state index is -0.610. The molecule has 0 fully saturated rings. The number of hydrogen-bond donors (Lipinski definition) is 1. The van der Waals surface area contributed by atoms with Crippen LogP contribution < -0.4 is 5.32 Å². The van der Waals surface area contributed by atoms with E-state index in [9.17, 15) is 14.4 Å². The number of fused-ring (bicyclic) bond motifs is 1. The second-order valence-electron chi connectivity index (χ2n) is 8.77. The maximum absolute atomic E-state index is 12.4. The summed E-state index contributed by atoms with van der Waals surface area (Å²) in [6.07, 6.45) is 2.08. The van der Waals surface area contributed by atoms with Gasteiger partial charge in [0.1, 0.15) is 12.4 Å². The third kappa shape index (κ3) is 5.17. The van der Waals surface area contributed by atoms with Crippen molar-refractivity contribution in [2.75, 3.05) is 13.2 Å². The van der Waals surface area contributed by atoms with Crippen molar-refractivity contribution in [3.05, 3.63) is 58.0 Å². The van der Waals surface area contributed by atoms with Crippen molar-refractivity contribution < 1.29 is 23.5 Å². The van der Waals surface area contributed by atoms with Crippen molar-refractivity contribution >= 4 is 17.7 Å². The van der Waals surface area contributed by atoms with Gasteiger partial charge in [-0.05, 0) is 31.2 Å². The number of aryl methyl sites for hydroxylation is 2. The number of nitrogens with one attached hydrogen (secondary N) is 1. The third-order valence-corrected chi connectivity index (χ3v) is 5.38. The quantitative estimate of drug-likeness (QED) is 0.551. The normalized spacial score (nSPS) is 14.9. The Labute approximate surface area is 177 Å². The van der Waals surface area contributed by atoms with E-state index >= 15 is 0 Å². The summed E-state index contributed by atoms with van der Waals surface area (Å²) in [7, 11) is 0. The highest BCUT2D eigenvalue weighted by Crippen LogP contribution is 2.38. The van der Waals surface area contributed by atoms with Crippen molar-refractivity contribution in [1.82, 2.24) is 5.32 Å². The molecule has 1 aliphatic rings. The molecule has 30 heavy (non-hydrogen) atoms. The van der Waals surface area contributed by atoms with E-state index in [4.69, 9.17) is 9.15 Å². The number of ketones is 1. The number of benzene rings is 1. The molecule has 6 nitrogen and oxygen atoms in total. The van der Waals surface area contributed by atoms with Gasteiger partial charge in [-0.15, -0.1) is 0 Å². The summed E-state index contributed by atoms with van der Waals surface area (Å²) in [5.41, 5.74) is 3.17. The van der Waals surface area contributed by atoms with E-state index in [0.29, 0.717) is 42.6 Å². The predicted octanol–water partition coefficient (Wildman–Crippen LogP) is 3.96. The van der Waals surface area contributed by atoms with Gasteiger partial charge in [0, 0.05) is 24.8 Å². The van der Waals surface area contributed by atoms with Gasteiger partial charge in [0.25, 0.3) is 0 Å². The average molecular weight is 411 g/mol. The maximum atomic E-state index is 12.4. The second-order valence-corrected chi connectivity index (χ2v) is 8.77. The summed E-state index contributed by atoms with van der Waals surface area (Å²) < 4.78 is 10.9. The van der Waals surface area contributed by atoms with Crippen molar-refractivity contribution in [2.24, 2.45) is 5.41 Å². The largest absolute Gasteiger partial charge is 0.458 e. The van der Waals surface area contributed by atoms with E-state index in [2.05, 4.69) is 5.32 Å². The topological polar surface area (TPSA) is 85.6 Å². The molecular formula is C24H29NO5. The van der Waals surface area contributed by atoms with Crippen molar-refractivity contribution in [1.29, 1.82) is 0 Å². The molecule has 1 heterocycles. The number of carbonyl (C=O) groups excluding carboxylic acids is 3. The fraction of sp³-hybridized carbons (Fsp3) is 0.458. The van der Waals surface area contributed by atoms with Crippen LogP contribution in [0, 0.1) is 19.3 Å². The maximum Gasteiger partial charge on any atom is 0.374 e. The summed E-state index contributed by atoms with van der Waals surface area (Å²) >= 11 is 0. The summed E-state index contributed by atoms with van der Waals surface area (Å²) in [6, 6.07) is 8.08. The van der Waals surface area contributed by atoms with E-state index in [1.807, 2.05) is 45.0 Å². The minimum absolute atomic E-state index is 0.00221. The lowest BCUT2D eigenvalue weighted by Gasteiger charge is -2.27. The number of esters is 1. The van der Waals surface area contributed by atoms with Crippen LogP contribution in [0.3, 0.4) is 0 Å². The molecule has 1 aromatic heterocycles. The molecule has 0 bridgehead atoms. The Hall–Kier alpha value is -2.89. The fourth-order valence-electron chi connectivity index (χ4n) is 3.78. The number of carbonyl (C=O) groups is 3. The second kappa shape index (κ2) is 8.86. The zero-order chi connectivity index (χ0) is 21.9. The zero-order valence-corrected chi connectivity index (χ0v) is 18.1. The number of amides is 1. The average Bonchev–Trinajstić information content (AvgIpc) is 3.00. The molecule has 1 amide bonds. The van der Waals surface area contributed by atoms with Crippen LogP contribution in [-0.4, -0.2) is 30.8 Å². The molecule has 0 atom stereocenters. The summed E-state index contributed by atoms with van der Waals surface area (Å²) in [6.45, 7) is 8.01. The Kier molecular flexibility index (Phi) is 6.44. The van der Waals surface area contributed by atoms with Crippen LogP contribution in [0.2, 0.25) is 0 Å². The van der Waals surface area contributed by atoms with Crippen LogP contribution in [-0.2, 0) is 22.4 Å². The smallest absolute Gasteiger partial charge is 0.374 e. The molecular weight excluding hydrogens is 382 g/mol. The van der Waals surface area contributed by atoms with Crippen molar-refractivity contribution in [3.63, 3.8) is 0 Å². The van der Waals surface area contributed by atoms with Crippen LogP contribution >= 0.6 is 0 Å². The van der Waals surface area contributed by atoms with Gasteiger partial charge in [0.2, 0.25) is 11.7 Å². The highest BCUT2D eigenvalue weighted by atomic mass is 16.5. The standard InChI is InChI=1S/C24H29NO5/c1-15-5-7-17(8-6-15)9-10-20(27)25-11-12-29-23(28)22-16(2)21-18(26)13-24(3,4)14-19(21)30-22/h5-8H,9-14H2,1-4H3,(H,25,27). The first kappa shape index (κ1) is 21.8. The molecule has 160 valence electrons. The Morgan fingerprint density at radius 1 is 1.13 bits per heavy atom. The molecule has 0 radical (unpaired) electrons. The van der Waals surface area contributed by atoms with Crippen molar-refractivity contribution in [2.45, 2.75) is 53.4 Å². The third-order valence-electron chi connectivity index (χ3n) is 5.38. The van der Waals surface area contributed by atoms with Gasteiger partial charge < -0.3 is 14.5 Å². The van der Waals surface area contributed by atoms with E-state index in [1.165, 1.54) is 5.56 Å². The lowest BCUT2D eigenvalue weighted by Crippen LogP contribution is -2.28. The van der Waals surface area contributed by atoms with E-state index in [-0.39, 0.29) is 36.0 Å². The number of hydrogen-bond acceptors (Lipinski definition) is 5. The monoisotopic (exact) mass is 411 g/mol. The summed E-state index contributed by atoms with van der Waals surface area (Å²) in [5, 5.41) is 2.75. The number of Topliss-reactive ketones (excluding diaryl/α,β-unsaturated/α-hetero) is 1. The zero-order valence-electron chi connectivity index (χ0n) is 18.1. The van der Waals surface area contributed by atoms with Gasteiger partial charge in [-0.3, -0.25) is 9.59 Å². The minimum Gasteiger partial charge on any atom is -0.458 e. The van der Waals surface area contributed by atoms with Gasteiger partial charge in [-0.1, -0.05) is 43.7 Å². The number of ether oxygens (including phenoxy) is 1. The lowest BCUT2D eigenvalue weighted by molar-refractivity contribution is -0.121. The lowest BCUT2D eigenvalue weighted by atomic mass is 9.76. The SMILES string of the molecule is Cc1ccc(CCC(=O)NCCOC(=O)c2oc3c(c2C)C(=O)CC(C)(C)C3)cc1. The van der Waals surface area contributed by atoms with Crippen LogP contribution in [0.25, 0.3) is 0 Å². The Bertz CT molecular complexity index is 953. The highest BCUT2D eigenvalue weighted by molar-refractivity contribution is 6.02. The van der Waals surface area contributed by atoms with Gasteiger partial charge in [-0.25, -0.2) is 4.79 Å². The van der Waals surface area contributed by atoms with E-state index in [1.54, 1.807) is 6.92 Å². The molecule has 0 unspecified atom stereocenters. The molecule has 1 N–H and O–H groups in total. The Balaban J connectivity index is 1.45. The molecule has 0 saturated heterocycles. The van der Waals surface area contributed by atoms with Gasteiger partial charge in [-0.2, -0.15) is 0 Å².